The SMILES string of the molecule is COc1ccc(-c2cc(C(F)(F)F)n3nc(C(=O)Nc4nn(Cc5ccc(F)cc5)cc4Cl)cc3n2)cc1. The van der Waals surface area contributed by atoms with Crippen LogP contribution in [0.1, 0.15) is 21.7 Å². The molecule has 0 aliphatic carbocycles. The molecule has 0 atom stereocenters. The van der Waals surface area contributed by atoms with Gasteiger partial charge < -0.3 is 10.1 Å². The Hall–Kier alpha value is -4.45. The van der Waals surface area contributed by atoms with Crippen molar-refractivity contribution in [1.29, 1.82) is 0 Å². The van der Waals surface area contributed by atoms with Crippen LogP contribution in [-0.2, 0) is 12.7 Å². The van der Waals surface area contributed by atoms with Crippen LogP contribution < -0.4 is 10.1 Å². The number of nitrogens with one attached hydrogen (secondary N) is 1. The lowest BCUT2D eigenvalue weighted by molar-refractivity contribution is -0.142. The molecule has 13 heteroatoms. The lowest BCUT2D eigenvalue weighted by Gasteiger charge is -2.11. The third-order valence-electron chi connectivity index (χ3n) is 5.54. The second kappa shape index (κ2) is 9.78. The van der Waals surface area contributed by atoms with Crippen LogP contribution in [-0.4, -0.2) is 37.4 Å². The minimum Gasteiger partial charge on any atom is -0.497 e. The van der Waals surface area contributed by atoms with Crippen molar-refractivity contribution in [3.8, 4) is 17.0 Å². The maximum absolute atomic E-state index is 13.9. The maximum Gasteiger partial charge on any atom is 0.433 e. The number of carbonyl (C=O) groups excluding carboxylic acids is 1. The summed E-state index contributed by atoms with van der Waals surface area (Å²) in [5.41, 5.74) is -0.398. The number of rotatable bonds is 6. The molecule has 5 aromatic rings. The van der Waals surface area contributed by atoms with Crippen LogP contribution in [0, 0.1) is 5.82 Å². The molecular weight excluding hydrogens is 528 g/mol. The van der Waals surface area contributed by atoms with Crippen LogP contribution in [0.5, 0.6) is 5.75 Å². The van der Waals surface area contributed by atoms with Gasteiger partial charge in [-0.15, -0.1) is 0 Å². The first kappa shape index (κ1) is 25.2. The van der Waals surface area contributed by atoms with Gasteiger partial charge in [0.05, 0.1) is 19.3 Å². The first-order valence-corrected chi connectivity index (χ1v) is 11.4. The molecule has 0 saturated carbocycles. The van der Waals surface area contributed by atoms with Crippen LogP contribution in [0.2, 0.25) is 5.02 Å². The van der Waals surface area contributed by atoms with Crippen molar-refractivity contribution in [1.82, 2.24) is 24.4 Å². The topological polar surface area (TPSA) is 86.3 Å². The quantitative estimate of drug-likeness (QED) is 0.277. The zero-order valence-electron chi connectivity index (χ0n) is 19.5. The zero-order chi connectivity index (χ0) is 27.0. The fourth-order valence-corrected chi connectivity index (χ4v) is 3.91. The van der Waals surface area contributed by atoms with E-state index in [0.717, 1.165) is 17.7 Å². The lowest BCUT2D eigenvalue weighted by atomic mass is 10.1. The van der Waals surface area contributed by atoms with Crippen molar-refractivity contribution in [3.63, 3.8) is 0 Å². The van der Waals surface area contributed by atoms with Crippen LogP contribution in [0.15, 0.2) is 66.9 Å². The van der Waals surface area contributed by atoms with E-state index < -0.39 is 17.8 Å². The fraction of sp³-hybridized carbons (Fsp3) is 0.120. The normalized spacial score (nSPS) is 11.6. The van der Waals surface area contributed by atoms with E-state index in [0.29, 0.717) is 15.8 Å². The van der Waals surface area contributed by atoms with Gasteiger partial charge in [-0.1, -0.05) is 23.7 Å². The first-order chi connectivity index (χ1) is 18.1. The second-order valence-corrected chi connectivity index (χ2v) is 8.56. The number of halogens is 5. The van der Waals surface area contributed by atoms with Crippen LogP contribution >= 0.6 is 11.6 Å². The minimum atomic E-state index is -4.77. The predicted octanol–water partition coefficient (Wildman–Crippen LogP) is 5.71. The number of hydrogen-bond donors (Lipinski definition) is 1. The number of ether oxygens (including phenoxy) is 1. The van der Waals surface area contributed by atoms with Crippen molar-refractivity contribution in [2.24, 2.45) is 0 Å². The van der Waals surface area contributed by atoms with E-state index in [2.05, 4.69) is 20.5 Å². The van der Waals surface area contributed by atoms with E-state index in [-0.39, 0.29) is 40.2 Å². The van der Waals surface area contributed by atoms with Crippen molar-refractivity contribution in [3.05, 3.63) is 94.7 Å². The molecule has 0 aliphatic heterocycles. The number of methoxy groups -OCH3 is 1. The molecule has 0 unspecified atom stereocenters. The molecule has 0 fully saturated rings. The molecule has 0 spiro atoms. The van der Waals surface area contributed by atoms with E-state index in [1.807, 2.05) is 0 Å². The summed E-state index contributed by atoms with van der Waals surface area (Å²) in [5, 5.41) is 10.6. The lowest BCUT2D eigenvalue weighted by Crippen LogP contribution is -2.16. The average molecular weight is 545 g/mol. The van der Waals surface area contributed by atoms with Crippen LogP contribution in [0.25, 0.3) is 16.9 Å². The molecule has 0 saturated heterocycles. The largest absolute Gasteiger partial charge is 0.497 e. The molecule has 0 radical (unpaired) electrons. The summed E-state index contributed by atoms with van der Waals surface area (Å²) in [6, 6.07) is 14.1. The van der Waals surface area contributed by atoms with E-state index >= 15 is 0 Å². The number of anilines is 1. The molecule has 1 N–H and O–H groups in total. The van der Waals surface area contributed by atoms with Crippen LogP contribution in [0.4, 0.5) is 23.4 Å². The number of amides is 1. The molecule has 5 rings (SSSR count). The Morgan fingerprint density at radius 2 is 1.76 bits per heavy atom. The maximum atomic E-state index is 13.9. The Balaban J connectivity index is 1.44. The van der Waals surface area contributed by atoms with Gasteiger partial charge in [-0.05, 0) is 48.0 Å². The summed E-state index contributed by atoms with van der Waals surface area (Å²) < 4.78 is 61.9. The molecule has 38 heavy (non-hydrogen) atoms. The Morgan fingerprint density at radius 3 is 2.42 bits per heavy atom. The molecule has 194 valence electrons. The summed E-state index contributed by atoms with van der Waals surface area (Å²) in [4.78, 5) is 17.1. The number of hydrogen-bond acceptors (Lipinski definition) is 5. The monoisotopic (exact) mass is 544 g/mol. The number of nitrogens with zero attached hydrogens (tertiary/aromatic N) is 5. The van der Waals surface area contributed by atoms with Crippen LogP contribution in [0.3, 0.4) is 0 Å². The summed E-state index contributed by atoms with van der Waals surface area (Å²) in [5.74, 6) is -0.692. The number of aromatic nitrogens is 5. The third-order valence-corrected chi connectivity index (χ3v) is 5.82. The highest BCUT2D eigenvalue weighted by atomic mass is 35.5. The van der Waals surface area contributed by atoms with E-state index in [9.17, 15) is 22.4 Å². The summed E-state index contributed by atoms with van der Waals surface area (Å²) >= 11 is 6.19. The average Bonchev–Trinajstić information content (AvgIpc) is 3.47. The highest BCUT2D eigenvalue weighted by Gasteiger charge is 2.35. The summed E-state index contributed by atoms with van der Waals surface area (Å²) in [7, 11) is 1.48. The number of fused-ring (bicyclic) bond motifs is 1. The van der Waals surface area contributed by atoms with Gasteiger partial charge in [-0.2, -0.15) is 23.4 Å². The van der Waals surface area contributed by atoms with Gasteiger partial charge in [-0.25, -0.2) is 13.9 Å². The Kier molecular flexibility index (Phi) is 6.49. The number of carbonyl (C=O) groups is 1. The standard InChI is InChI=1S/C25H17ClF4N6O2/c1-38-17-8-4-15(5-9-17)19-10-21(25(28,29)30)36-22(31-19)11-20(33-36)24(37)32-23-18(26)13-35(34-23)12-14-2-6-16(27)7-3-14/h2-11,13H,12H2,1H3,(H,32,34,37). The molecule has 2 aromatic carbocycles. The number of benzene rings is 2. The van der Waals surface area contributed by atoms with Gasteiger partial charge in [0.2, 0.25) is 0 Å². The van der Waals surface area contributed by atoms with Crippen molar-refractivity contribution < 1.29 is 27.1 Å². The smallest absolute Gasteiger partial charge is 0.433 e. The molecule has 3 aromatic heterocycles. The Morgan fingerprint density at radius 1 is 1.05 bits per heavy atom. The van der Waals surface area contributed by atoms with Crippen molar-refractivity contribution in [2.45, 2.75) is 12.7 Å². The molecular formula is C25H17ClF4N6O2. The molecule has 0 bridgehead atoms. The molecule has 1 amide bonds. The first-order valence-electron chi connectivity index (χ1n) is 11.0. The molecule has 8 nitrogen and oxygen atoms in total. The van der Waals surface area contributed by atoms with Gasteiger partial charge >= 0.3 is 6.18 Å². The highest BCUT2D eigenvalue weighted by Crippen LogP contribution is 2.33. The van der Waals surface area contributed by atoms with E-state index in [1.54, 1.807) is 36.4 Å². The second-order valence-electron chi connectivity index (χ2n) is 8.16. The fourth-order valence-electron chi connectivity index (χ4n) is 3.71. The zero-order valence-corrected chi connectivity index (χ0v) is 20.3. The van der Waals surface area contributed by atoms with Gasteiger partial charge in [0.15, 0.2) is 22.9 Å². The Labute approximate surface area is 217 Å². The van der Waals surface area contributed by atoms with Crippen molar-refractivity contribution in [2.75, 3.05) is 12.4 Å². The Bertz CT molecular complexity index is 1630. The summed E-state index contributed by atoms with van der Waals surface area (Å²) in [6.45, 7) is 0.247. The third kappa shape index (κ3) is 5.16. The van der Waals surface area contributed by atoms with Gasteiger partial charge in [0.25, 0.3) is 5.91 Å². The minimum absolute atomic E-state index is 0.0150. The van der Waals surface area contributed by atoms with E-state index in [1.165, 1.54) is 30.1 Å². The van der Waals surface area contributed by atoms with Gasteiger partial charge in [0, 0.05) is 17.8 Å². The van der Waals surface area contributed by atoms with Gasteiger partial charge in [-0.3, -0.25) is 9.48 Å². The summed E-state index contributed by atoms with van der Waals surface area (Å²) in [6.07, 6.45) is -3.32. The highest BCUT2D eigenvalue weighted by molar-refractivity contribution is 6.33. The van der Waals surface area contributed by atoms with Gasteiger partial charge in [0.1, 0.15) is 16.6 Å². The van der Waals surface area contributed by atoms with E-state index in [4.69, 9.17) is 16.3 Å². The molecule has 3 heterocycles. The predicted molar refractivity (Wildman–Crippen MR) is 131 cm³/mol. The van der Waals surface area contributed by atoms with Crippen molar-refractivity contribution >= 4 is 29.0 Å². The number of alkyl halides is 3. The molecule has 0 aliphatic rings.